The van der Waals surface area contributed by atoms with E-state index in [1.54, 1.807) is 6.07 Å². The third kappa shape index (κ3) is 1.60. The molecule has 1 aromatic carbocycles. The molecule has 0 bridgehead atoms. The van der Waals surface area contributed by atoms with Crippen LogP contribution < -0.4 is 5.56 Å². The van der Waals surface area contributed by atoms with Crippen molar-refractivity contribution in [3.05, 3.63) is 44.7 Å². The number of halogens is 1. The second-order valence-electron chi connectivity index (χ2n) is 3.21. The van der Waals surface area contributed by atoms with E-state index in [1.165, 1.54) is 0 Å². The van der Waals surface area contributed by atoms with E-state index in [4.69, 9.17) is 0 Å². The molecule has 0 spiro atoms. The molecule has 2 aromatic rings. The first-order valence-corrected chi connectivity index (χ1v) is 5.31. The summed E-state index contributed by atoms with van der Waals surface area (Å²) in [6.45, 7) is 2.08. The molecular formula is C11H10BrNO. The second kappa shape index (κ2) is 3.58. The topological polar surface area (TPSA) is 32.9 Å². The zero-order valence-electron chi connectivity index (χ0n) is 7.80. The Labute approximate surface area is 90.1 Å². The first-order chi connectivity index (χ1) is 6.70. The molecule has 0 saturated heterocycles. The number of rotatable bonds is 1. The zero-order chi connectivity index (χ0) is 10.1. The molecule has 0 aliphatic rings. The Balaban J connectivity index is 2.88. The van der Waals surface area contributed by atoms with Gasteiger partial charge in [-0.1, -0.05) is 22.9 Å². The minimum absolute atomic E-state index is 0.0467. The molecule has 0 atom stereocenters. The maximum absolute atomic E-state index is 11.2. The van der Waals surface area contributed by atoms with E-state index in [2.05, 4.69) is 27.8 Å². The van der Waals surface area contributed by atoms with Gasteiger partial charge in [-0.15, -0.1) is 0 Å². The molecule has 0 aliphatic carbocycles. The Morgan fingerprint density at radius 3 is 2.86 bits per heavy atom. The van der Waals surface area contributed by atoms with Crippen LogP contribution in [0, 0.1) is 0 Å². The van der Waals surface area contributed by atoms with Crippen molar-refractivity contribution < 1.29 is 0 Å². The van der Waals surface area contributed by atoms with Crippen LogP contribution >= 0.6 is 15.9 Å². The highest BCUT2D eigenvalue weighted by atomic mass is 79.9. The summed E-state index contributed by atoms with van der Waals surface area (Å²) >= 11 is 3.45. The lowest BCUT2D eigenvalue weighted by Gasteiger charge is -2.04. The lowest BCUT2D eigenvalue weighted by atomic mass is 10.1. The van der Waals surface area contributed by atoms with Gasteiger partial charge in [0.05, 0.1) is 5.52 Å². The molecule has 3 heteroatoms. The number of H-pyrrole nitrogens is 1. The Morgan fingerprint density at radius 1 is 1.36 bits per heavy atom. The second-order valence-corrected chi connectivity index (χ2v) is 4.12. The number of hydrogen-bond acceptors (Lipinski definition) is 1. The van der Waals surface area contributed by atoms with Crippen LogP contribution in [0.15, 0.2) is 33.5 Å². The Bertz CT molecular complexity index is 530. The van der Waals surface area contributed by atoms with Crippen molar-refractivity contribution in [3.8, 4) is 0 Å². The van der Waals surface area contributed by atoms with Crippen LogP contribution in [0.5, 0.6) is 0 Å². The van der Waals surface area contributed by atoms with Gasteiger partial charge < -0.3 is 4.98 Å². The van der Waals surface area contributed by atoms with Crippen molar-refractivity contribution in [2.75, 3.05) is 0 Å². The third-order valence-electron chi connectivity index (χ3n) is 2.26. The Morgan fingerprint density at radius 2 is 2.14 bits per heavy atom. The molecule has 0 fully saturated rings. The van der Waals surface area contributed by atoms with Gasteiger partial charge in [0.25, 0.3) is 0 Å². The maximum atomic E-state index is 11.2. The zero-order valence-corrected chi connectivity index (χ0v) is 9.39. The summed E-state index contributed by atoms with van der Waals surface area (Å²) in [6, 6.07) is 7.44. The third-order valence-corrected chi connectivity index (χ3v) is 2.72. The number of aromatic nitrogens is 1. The summed E-state index contributed by atoms with van der Waals surface area (Å²) in [6.07, 6.45) is 0.913. The van der Waals surface area contributed by atoms with Gasteiger partial charge in [0, 0.05) is 10.5 Å². The van der Waals surface area contributed by atoms with Gasteiger partial charge in [-0.05, 0) is 35.6 Å². The summed E-state index contributed by atoms with van der Waals surface area (Å²) in [5.74, 6) is 0. The van der Waals surface area contributed by atoms with Crippen LogP contribution in [0.2, 0.25) is 0 Å². The van der Waals surface area contributed by atoms with E-state index in [-0.39, 0.29) is 5.56 Å². The van der Waals surface area contributed by atoms with Gasteiger partial charge in [0.2, 0.25) is 5.56 Å². The summed E-state index contributed by atoms with van der Waals surface area (Å²) in [7, 11) is 0. The van der Waals surface area contributed by atoms with Crippen molar-refractivity contribution in [3.63, 3.8) is 0 Å². The van der Waals surface area contributed by atoms with Crippen LogP contribution in [0.4, 0.5) is 0 Å². The number of aryl methyl sites for hydroxylation is 1. The fraction of sp³-hybridized carbons (Fsp3) is 0.182. The molecule has 1 heterocycles. The molecule has 0 unspecified atom stereocenters. The van der Waals surface area contributed by atoms with E-state index in [9.17, 15) is 4.79 Å². The molecule has 0 amide bonds. The average molecular weight is 252 g/mol. The van der Waals surface area contributed by atoms with Gasteiger partial charge in [-0.3, -0.25) is 4.79 Å². The first kappa shape index (κ1) is 9.46. The highest BCUT2D eigenvalue weighted by Gasteiger charge is 2.01. The lowest BCUT2D eigenvalue weighted by Crippen LogP contribution is -2.04. The van der Waals surface area contributed by atoms with E-state index < -0.39 is 0 Å². The number of nitrogens with one attached hydrogen (secondary N) is 1. The van der Waals surface area contributed by atoms with E-state index in [0.29, 0.717) is 0 Å². The van der Waals surface area contributed by atoms with Gasteiger partial charge in [0.1, 0.15) is 0 Å². The molecule has 14 heavy (non-hydrogen) atoms. The van der Waals surface area contributed by atoms with Crippen LogP contribution in [-0.4, -0.2) is 4.98 Å². The van der Waals surface area contributed by atoms with Crippen molar-refractivity contribution in [2.45, 2.75) is 13.3 Å². The molecule has 2 nitrogen and oxygen atoms in total. The number of hydrogen-bond donors (Lipinski definition) is 1. The van der Waals surface area contributed by atoms with Crippen molar-refractivity contribution in [1.29, 1.82) is 0 Å². The molecule has 2 rings (SSSR count). The average Bonchev–Trinajstić information content (AvgIpc) is 2.17. The molecule has 0 saturated carbocycles. The van der Waals surface area contributed by atoms with Crippen LogP contribution in [-0.2, 0) is 6.42 Å². The molecule has 72 valence electrons. The largest absolute Gasteiger partial charge is 0.322 e. The first-order valence-electron chi connectivity index (χ1n) is 4.52. The predicted molar refractivity (Wildman–Crippen MR) is 61.6 cm³/mol. The van der Waals surface area contributed by atoms with E-state index >= 15 is 0 Å². The molecule has 0 aliphatic heterocycles. The Kier molecular flexibility index (Phi) is 2.42. The van der Waals surface area contributed by atoms with Gasteiger partial charge in [-0.2, -0.15) is 0 Å². The molecule has 1 aromatic heterocycles. The standard InChI is InChI=1S/C11H10BrNO/c1-2-7-5-9(12)6-8-3-4-10(14)13-11(7)8/h3-6H,2H2,1H3,(H,13,14). The number of aromatic amines is 1. The fourth-order valence-electron chi connectivity index (χ4n) is 1.58. The number of fused-ring (bicyclic) bond motifs is 1. The summed E-state index contributed by atoms with van der Waals surface area (Å²) in [5, 5.41) is 1.07. The summed E-state index contributed by atoms with van der Waals surface area (Å²) < 4.78 is 1.05. The van der Waals surface area contributed by atoms with Crippen LogP contribution in [0.25, 0.3) is 10.9 Å². The molecule has 0 radical (unpaired) electrons. The van der Waals surface area contributed by atoms with Gasteiger partial charge >= 0.3 is 0 Å². The molecule has 1 N–H and O–H groups in total. The smallest absolute Gasteiger partial charge is 0.248 e. The monoisotopic (exact) mass is 251 g/mol. The Hall–Kier alpha value is -1.09. The number of benzene rings is 1. The summed E-state index contributed by atoms with van der Waals surface area (Å²) in [4.78, 5) is 14.0. The van der Waals surface area contributed by atoms with E-state index in [0.717, 1.165) is 27.4 Å². The number of pyridine rings is 1. The highest BCUT2D eigenvalue weighted by Crippen LogP contribution is 2.21. The van der Waals surface area contributed by atoms with Gasteiger partial charge in [-0.25, -0.2) is 0 Å². The minimum atomic E-state index is -0.0467. The van der Waals surface area contributed by atoms with Crippen molar-refractivity contribution >= 4 is 26.8 Å². The normalized spacial score (nSPS) is 10.7. The summed E-state index contributed by atoms with van der Waals surface area (Å²) in [5.41, 5.74) is 2.06. The fourth-order valence-corrected chi connectivity index (χ4v) is 2.10. The van der Waals surface area contributed by atoms with Crippen molar-refractivity contribution in [1.82, 2.24) is 4.98 Å². The van der Waals surface area contributed by atoms with E-state index in [1.807, 2.05) is 18.2 Å². The van der Waals surface area contributed by atoms with Gasteiger partial charge in [0.15, 0.2) is 0 Å². The van der Waals surface area contributed by atoms with Crippen molar-refractivity contribution in [2.24, 2.45) is 0 Å². The maximum Gasteiger partial charge on any atom is 0.248 e. The van der Waals surface area contributed by atoms with Crippen LogP contribution in [0.3, 0.4) is 0 Å². The highest BCUT2D eigenvalue weighted by molar-refractivity contribution is 9.10. The minimum Gasteiger partial charge on any atom is -0.322 e. The lowest BCUT2D eigenvalue weighted by molar-refractivity contribution is 1.13. The predicted octanol–water partition coefficient (Wildman–Crippen LogP) is 2.85. The van der Waals surface area contributed by atoms with Crippen LogP contribution in [0.1, 0.15) is 12.5 Å². The quantitative estimate of drug-likeness (QED) is 0.831. The SMILES string of the molecule is CCc1cc(Br)cc2ccc(=O)[nH]c12. The molecular weight excluding hydrogens is 242 g/mol.